The molecular weight excluding hydrogens is 284 g/mol. The normalized spacial score (nSPS) is 13.6. The largest absolute Gasteiger partial charge is 0.346 e. The maximum Gasteiger partial charge on any atom is 0.282 e. The van der Waals surface area contributed by atoms with Gasteiger partial charge in [-0.15, -0.1) is 0 Å². The van der Waals surface area contributed by atoms with Crippen LogP contribution < -0.4 is 5.32 Å². The van der Waals surface area contributed by atoms with Crippen LogP contribution in [0.2, 0.25) is 0 Å². The van der Waals surface area contributed by atoms with E-state index in [4.69, 9.17) is 0 Å². The molecule has 1 heterocycles. The second kappa shape index (κ2) is 5.88. The maximum absolute atomic E-state index is 12.1. The molecule has 7 nitrogen and oxygen atoms in total. The van der Waals surface area contributed by atoms with Crippen molar-refractivity contribution in [3.05, 3.63) is 63.7 Å². The van der Waals surface area contributed by atoms with Crippen molar-refractivity contribution in [1.82, 2.24) is 15.3 Å². The van der Waals surface area contributed by atoms with Gasteiger partial charge in [0.1, 0.15) is 11.9 Å². The average molecular weight is 298 g/mol. The van der Waals surface area contributed by atoms with Crippen LogP contribution in [0.5, 0.6) is 0 Å². The summed E-state index contributed by atoms with van der Waals surface area (Å²) >= 11 is 0. The van der Waals surface area contributed by atoms with Gasteiger partial charge in [-0.25, -0.2) is 9.97 Å². The zero-order chi connectivity index (χ0) is 15.5. The lowest BCUT2D eigenvalue weighted by atomic mass is 10.1. The molecule has 112 valence electrons. The third-order valence-electron chi connectivity index (χ3n) is 3.52. The molecule has 1 aromatic carbocycles. The fourth-order valence-electron chi connectivity index (χ4n) is 2.20. The van der Waals surface area contributed by atoms with E-state index in [1.807, 2.05) is 6.07 Å². The van der Waals surface area contributed by atoms with Crippen molar-refractivity contribution in [1.29, 1.82) is 0 Å². The number of amides is 1. The molecule has 1 aromatic heterocycles. The van der Waals surface area contributed by atoms with E-state index in [9.17, 15) is 14.9 Å². The SMILES string of the molecule is O=C(NCc1cc(C2CC2)ncn1)c1ccccc1[N+](=O)[O-]. The van der Waals surface area contributed by atoms with E-state index in [0.29, 0.717) is 11.6 Å². The molecule has 0 bridgehead atoms. The Labute approximate surface area is 126 Å². The van der Waals surface area contributed by atoms with E-state index in [1.54, 1.807) is 6.07 Å². The fraction of sp³-hybridized carbons (Fsp3) is 0.267. The Morgan fingerprint density at radius 3 is 2.82 bits per heavy atom. The van der Waals surface area contributed by atoms with Crippen LogP contribution in [0.25, 0.3) is 0 Å². The Morgan fingerprint density at radius 2 is 2.09 bits per heavy atom. The molecule has 0 unspecified atom stereocenters. The molecule has 0 aliphatic heterocycles. The molecule has 7 heteroatoms. The maximum atomic E-state index is 12.1. The number of carbonyl (C=O) groups is 1. The number of hydrogen-bond acceptors (Lipinski definition) is 5. The number of hydrogen-bond donors (Lipinski definition) is 1. The van der Waals surface area contributed by atoms with Crippen molar-refractivity contribution < 1.29 is 9.72 Å². The fourth-order valence-corrected chi connectivity index (χ4v) is 2.20. The smallest absolute Gasteiger partial charge is 0.282 e. The summed E-state index contributed by atoms with van der Waals surface area (Å²) in [5.74, 6) is 0.0200. The summed E-state index contributed by atoms with van der Waals surface area (Å²) in [6.45, 7) is 0.215. The van der Waals surface area contributed by atoms with E-state index < -0.39 is 10.8 Å². The summed E-state index contributed by atoms with van der Waals surface area (Å²) in [6, 6.07) is 7.74. The standard InChI is InChI=1S/C15H14N4O3/c20-15(12-3-1-2-4-14(12)19(21)22)16-8-11-7-13(10-5-6-10)18-9-17-11/h1-4,7,9-10H,5-6,8H2,(H,16,20). The van der Waals surface area contributed by atoms with Crippen molar-refractivity contribution >= 4 is 11.6 Å². The lowest BCUT2D eigenvalue weighted by Crippen LogP contribution is -2.24. The molecule has 1 amide bonds. The molecule has 0 spiro atoms. The van der Waals surface area contributed by atoms with Crippen molar-refractivity contribution in [2.24, 2.45) is 0 Å². The predicted molar refractivity (Wildman–Crippen MR) is 78.3 cm³/mol. The molecule has 2 aromatic rings. The van der Waals surface area contributed by atoms with Gasteiger partial charge in [0.25, 0.3) is 11.6 Å². The molecule has 1 aliphatic rings. The minimum Gasteiger partial charge on any atom is -0.346 e. The molecule has 3 rings (SSSR count). The first-order valence-electron chi connectivity index (χ1n) is 6.97. The highest BCUT2D eigenvalue weighted by Crippen LogP contribution is 2.38. The number of nitro groups is 1. The number of aromatic nitrogens is 2. The number of nitro benzene ring substituents is 1. The van der Waals surface area contributed by atoms with Gasteiger partial charge in [0.15, 0.2) is 0 Å². The molecule has 1 aliphatic carbocycles. The highest BCUT2D eigenvalue weighted by Gasteiger charge is 2.25. The number of para-hydroxylation sites is 1. The molecule has 1 N–H and O–H groups in total. The Bertz CT molecular complexity index is 728. The predicted octanol–water partition coefficient (Wildman–Crippen LogP) is 2.19. The molecule has 1 fully saturated rings. The summed E-state index contributed by atoms with van der Waals surface area (Å²) in [6.07, 6.45) is 3.76. The third kappa shape index (κ3) is 3.08. The van der Waals surface area contributed by atoms with Crippen molar-refractivity contribution in [2.75, 3.05) is 0 Å². The quantitative estimate of drug-likeness (QED) is 0.674. The third-order valence-corrected chi connectivity index (χ3v) is 3.52. The van der Waals surface area contributed by atoms with Gasteiger partial charge >= 0.3 is 0 Å². The molecule has 1 saturated carbocycles. The lowest BCUT2D eigenvalue weighted by Gasteiger charge is -2.06. The topological polar surface area (TPSA) is 98.0 Å². The molecule has 0 atom stereocenters. The van der Waals surface area contributed by atoms with Crippen LogP contribution in [0.1, 0.15) is 40.5 Å². The second-order valence-corrected chi connectivity index (χ2v) is 5.17. The van der Waals surface area contributed by atoms with Gasteiger partial charge in [0, 0.05) is 17.7 Å². The summed E-state index contributed by atoms with van der Waals surface area (Å²) in [4.78, 5) is 30.8. The van der Waals surface area contributed by atoms with Crippen molar-refractivity contribution in [3.63, 3.8) is 0 Å². The minimum absolute atomic E-state index is 0.0453. The Kier molecular flexibility index (Phi) is 3.78. The van der Waals surface area contributed by atoms with E-state index >= 15 is 0 Å². The summed E-state index contributed by atoms with van der Waals surface area (Å²) in [5.41, 5.74) is 1.53. The van der Waals surface area contributed by atoms with Crippen molar-refractivity contribution in [3.8, 4) is 0 Å². The highest BCUT2D eigenvalue weighted by molar-refractivity contribution is 5.98. The van der Waals surface area contributed by atoms with Gasteiger partial charge in [0.2, 0.25) is 0 Å². The second-order valence-electron chi connectivity index (χ2n) is 5.17. The summed E-state index contributed by atoms with van der Waals surface area (Å²) in [7, 11) is 0. The van der Waals surface area contributed by atoms with E-state index in [0.717, 1.165) is 18.5 Å². The first-order valence-corrected chi connectivity index (χ1v) is 6.97. The first kappa shape index (κ1) is 14.1. The van der Waals surface area contributed by atoms with Crippen molar-refractivity contribution in [2.45, 2.75) is 25.3 Å². The minimum atomic E-state index is -0.565. The highest BCUT2D eigenvalue weighted by atomic mass is 16.6. The van der Waals surface area contributed by atoms with Crippen LogP contribution in [-0.2, 0) is 6.54 Å². The molecule has 0 radical (unpaired) electrons. The van der Waals surface area contributed by atoms with Crippen LogP contribution in [0.3, 0.4) is 0 Å². The monoisotopic (exact) mass is 298 g/mol. The zero-order valence-corrected chi connectivity index (χ0v) is 11.7. The number of nitrogens with zero attached hydrogens (tertiary/aromatic N) is 3. The van der Waals surface area contributed by atoms with Crippen LogP contribution in [0.15, 0.2) is 36.7 Å². The van der Waals surface area contributed by atoms with Crippen LogP contribution in [0.4, 0.5) is 5.69 Å². The molecule has 0 saturated heterocycles. The van der Waals surface area contributed by atoms with Crippen LogP contribution >= 0.6 is 0 Å². The number of carbonyl (C=O) groups excluding carboxylic acids is 1. The van der Waals surface area contributed by atoms with Crippen LogP contribution in [0, 0.1) is 10.1 Å². The van der Waals surface area contributed by atoms with E-state index in [2.05, 4.69) is 15.3 Å². The summed E-state index contributed by atoms with van der Waals surface area (Å²) < 4.78 is 0. The molecule has 22 heavy (non-hydrogen) atoms. The number of nitrogens with one attached hydrogen (secondary N) is 1. The zero-order valence-electron chi connectivity index (χ0n) is 11.7. The molecular formula is C15H14N4O3. The Morgan fingerprint density at radius 1 is 1.32 bits per heavy atom. The average Bonchev–Trinajstić information content (AvgIpc) is 3.38. The van der Waals surface area contributed by atoms with Gasteiger partial charge in [0.05, 0.1) is 17.2 Å². The van der Waals surface area contributed by atoms with Gasteiger partial charge in [-0.2, -0.15) is 0 Å². The van der Waals surface area contributed by atoms with Gasteiger partial charge in [-0.05, 0) is 25.0 Å². The Hall–Kier alpha value is -2.83. The number of rotatable bonds is 5. The van der Waals surface area contributed by atoms with E-state index in [-0.39, 0.29) is 17.8 Å². The Balaban J connectivity index is 1.70. The number of benzene rings is 1. The summed E-state index contributed by atoms with van der Waals surface area (Å²) in [5, 5.41) is 13.6. The first-order chi connectivity index (χ1) is 10.6. The van der Waals surface area contributed by atoms with Gasteiger partial charge in [-0.1, -0.05) is 12.1 Å². The lowest BCUT2D eigenvalue weighted by molar-refractivity contribution is -0.385. The van der Waals surface area contributed by atoms with Crippen LogP contribution in [-0.4, -0.2) is 20.8 Å². The van der Waals surface area contributed by atoms with Gasteiger partial charge in [-0.3, -0.25) is 14.9 Å². The van der Waals surface area contributed by atoms with Gasteiger partial charge < -0.3 is 5.32 Å². The van der Waals surface area contributed by atoms with E-state index in [1.165, 1.54) is 24.5 Å².